The normalized spacial score (nSPS) is 12.8. The lowest BCUT2D eigenvalue weighted by atomic mass is 10.2. The van der Waals surface area contributed by atoms with Crippen LogP contribution in [0.4, 0.5) is 0 Å². The fraction of sp³-hybridized carbons (Fsp3) is 0.500. The van der Waals surface area contributed by atoms with Gasteiger partial charge in [-0.25, -0.2) is 9.78 Å². The number of halogens is 1. The summed E-state index contributed by atoms with van der Waals surface area (Å²) >= 11 is 5.69. The summed E-state index contributed by atoms with van der Waals surface area (Å²) in [6.07, 6.45) is 2.91. The van der Waals surface area contributed by atoms with Crippen LogP contribution in [-0.4, -0.2) is 16.1 Å². The predicted octanol–water partition coefficient (Wildman–Crippen LogP) is 0.491. The quantitative estimate of drug-likeness (QED) is 0.775. The molecule has 0 fully saturated rings. The topological polar surface area (TPSA) is 60.9 Å². The van der Waals surface area contributed by atoms with Crippen LogP contribution in [0.15, 0.2) is 17.2 Å². The van der Waals surface area contributed by atoms with E-state index < -0.39 is 0 Å². The molecule has 1 atom stereocenters. The van der Waals surface area contributed by atoms with Crippen molar-refractivity contribution in [2.24, 2.45) is 11.7 Å². The lowest BCUT2D eigenvalue weighted by Crippen LogP contribution is -2.27. The third-order valence-electron chi connectivity index (χ3n) is 1.73. The number of nitrogens with zero attached hydrogens (tertiary/aromatic N) is 2. The first kappa shape index (κ1) is 10.2. The molecule has 0 spiro atoms. The van der Waals surface area contributed by atoms with Gasteiger partial charge >= 0.3 is 5.69 Å². The van der Waals surface area contributed by atoms with Crippen LogP contribution in [0, 0.1) is 5.92 Å². The second-order valence-electron chi connectivity index (χ2n) is 3.05. The van der Waals surface area contributed by atoms with Gasteiger partial charge in [0.15, 0.2) is 0 Å². The van der Waals surface area contributed by atoms with E-state index in [1.165, 1.54) is 10.8 Å². The molecule has 72 valence electrons. The molecule has 0 saturated carbocycles. The summed E-state index contributed by atoms with van der Waals surface area (Å²) in [5.74, 6) is 0.248. The first-order valence-corrected chi connectivity index (χ1v) is 4.43. The van der Waals surface area contributed by atoms with Crippen LogP contribution in [0.5, 0.6) is 0 Å². The SMILES string of the molecule is CC(CN)Cn1cc(Cl)cnc1=O. The Hall–Kier alpha value is -0.870. The Kier molecular flexibility index (Phi) is 3.45. The summed E-state index contributed by atoms with van der Waals surface area (Å²) in [6, 6.07) is 0. The minimum absolute atomic E-state index is 0.248. The average molecular weight is 202 g/mol. The largest absolute Gasteiger partial charge is 0.347 e. The molecule has 1 rings (SSSR count). The highest BCUT2D eigenvalue weighted by Crippen LogP contribution is 2.03. The molecule has 1 aromatic heterocycles. The Morgan fingerprint density at radius 2 is 2.46 bits per heavy atom. The van der Waals surface area contributed by atoms with E-state index in [1.807, 2.05) is 6.92 Å². The van der Waals surface area contributed by atoms with Crippen LogP contribution in [0.1, 0.15) is 6.92 Å². The van der Waals surface area contributed by atoms with Gasteiger partial charge in [0, 0.05) is 12.7 Å². The number of aromatic nitrogens is 2. The Labute approximate surface area is 81.3 Å². The van der Waals surface area contributed by atoms with Crippen LogP contribution in [0.3, 0.4) is 0 Å². The van der Waals surface area contributed by atoms with E-state index in [0.29, 0.717) is 18.1 Å². The van der Waals surface area contributed by atoms with E-state index in [9.17, 15) is 4.79 Å². The van der Waals surface area contributed by atoms with Gasteiger partial charge in [-0.3, -0.25) is 4.57 Å². The summed E-state index contributed by atoms with van der Waals surface area (Å²) < 4.78 is 1.47. The fourth-order valence-corrected chi connectivity index (χ4v) is 1.14. The Morgan fingerprint density at radius 3 is 3.08 bits per heavy atom. The first-order valence-electron chi connectivity index (χ1n) is 4.05. The van der Waals surface area contributed by atoms with Crippen molar-refractivity contribution in [3.05, 3.63) is 27.9 Å². The summed E-state index contributed by atoms with van der Waals surface area (Å²) in [6.45, 7) is 3.06. The lowest BCUT2D eigenvalue weighted by Gasteiger charge is -2.09. The summed E-state index contributed by atoms with van der Waals surface area (Å²) in [7, 11) is 0. The van der Waals surface area contributed by atoms with Gasteiger partial charge in [-0.1, -0.05) is 18.5 Å². The van der Waals surface area contributed by atoms with Crippen LogP contribution in [0.25, 0.3) is 0 Å². The third-order valence-corrected chi connectivity index (χ3v) is 1.93. The molecule has 0 radical (unpaired) electrons. The number of hydrogen-bond acceptors (Lipinski definition) is 3. The summed E-state index contributed by atoms with van der Waals surface area (Å²) in [4.78, 5) is 14.8. The van der Waals surface area contributed by atoms with Crippen LogP contribution >= 0.6 is 11.6 Å². The zero-order valence-corrected chi connectivity index (χ0v) is 8.16. The highest BCUT2D eigenvalue weighted by atomic mass is 35.5. The predicted molar refractivity (Wildman–Crippen MR) is 51.7 cm³/mol. The van der Waals surface area contributed by atoms with E-state index in [0.717, 1.165) is 0 Å². The molecule has 13 heavy (non-hydrogen) atoms. The molecule has 1 aromatic rings. The molecule has 4 nitrogen and oxygen atoms in total. The molecule has 2 N–H and O–H groups in total. The van der Waals surface area contributed by atoms with Crippen LogP contribution in [0.2, 0.25) is 5.02 Å². The van der Waals surface area contributed by atoms with Gasteiger partial charge < -0.3 is 5.73 Å². The molecule has 0 saturated heterocycles. The van der Waals surface area contributed by atoms with Crippen molar-refractivity contribution < 1.29 is 0 Å². The van der Waals surface area contributed by atoms with E-state index in [4.69, 9.17) is 17.3 Å². The standard InChI is InChI=1S/C8H12ClN3O/c1-6(2-10)4-12-5-7(9)3-11-8(12)13/h3,5-6H,2,4,10H2,1H3. The van der Waals surface area contributed by atoms with Crippen molar-refractivity contribution in [2.75, 3.05) is 6.54 Å². The number of hydrogen-bond donors (Lipinski definition) is 1. The molecule has 1 heterocycles. The Bertz CT molecular complexity index is 336. The third kappa shape index (κ3) is 2.82. The smallest absolute Gasteiger partial charge is 0.330 e. The molecular weight excluding hydrogens is 190 g/mol. The summed E-state index contributed by atoms with van der Waals surface area (Å²) in [5.41, 5.74) is 5.15. The van der Waals surface area contributed by atoms with E-state index in [1.54, 1.807) is 6.20 Å². The molecular formula is C8H12ClN3O. The molecule has 0 aliphatic rings. The second kappa shape index (κ2) is 4.39. The second-order valence-corrected chi connectivity index (χ2v) is 3.48. The van der Waals surface area contributed by atoms with Crippen molar-refractivity contribution in [3.63, 3.8) is 0 Å². The maximum Gasteiger partial charge on any atom is 0.347 e. The van der Waals surface area contributed by atoms with Crippen LogP contribution < -0.4 is 11.4 Å². The van der Waals surface area contributed by atoms with Crippen molar-refractivity contribution >= 4 is 11.6 Å². The Morgan fingerprint density at radius 1 is 1.77 bits per heavy atom. The van der Waals surface area contributed by atoms with Gasteiger partial charge in [-0.15, -0.1) is 0 Å². The van der Waals surface area contributed by atoms with Gasteiger partial charge in [0.1, 0.15) is 0 Å². The Balaban J connectivity index is 2.87. The van der Waals surface area contributed by atoms with Crippen LogP contribution in [-0.2, 0) is 6.54 Å². The highest BCUT2D eigenvalue weighted by molar-refractivity contribution is 6.30. The molecule has 1 unspecified atom stereocenters. The molecule has 0 aliphatic heterocycles. The van der Waals surface area contributed by atoms with E-state index in [2.05, 4.69) is 4.98 Å². The van der Waals surface area contributed by atoms with E-state index >= 15 is 0 Å². The highest BCUT2D eigenvalue weighted by Gasteiger charge is 2.03. The minimum Gasteiger partial charge on any atom is -0.330 e. The zero-order valence-electron chi connectivity index (χ0n) is 7.40. The molecule has 5 heteroatoms. The minimum atomic E-state index is -0.287. The van der Waals surface area contributed by atoms with Gasteiger partial charge in [0.25, 0.3) is 0 Å². The van der Waals surface area contributed by atoms with Gasteiger partial charge in [-0.2, -0.15) is 0 Å². The van der Waals surface area contributed by atoms with Crippen molar-refractivity contribution in [1.82, 2.24) is 9.55 Å². The average Bonchev–Trinajstić information content (AvgIpc) is 2.11. The molecule has 0 bridgehead atoms. The van der Waals surface area contributed by atoms with Crippen molar-refractivity contribution in [1.29, 1.82) is 0 Å². The molecule has 0 aliphatic carbocycles. The fourth-order valence-electron chi connectivity index (χ4n) is 0.970. The number of nitrogens with two attached hydrogens (primary N) is 1. The van der Waals surface area contributed by atoms with Gasteiger partial charge in [-0.05, 0) is 12.5 Å². The first-order chi connectivity index (χ1) is 6.13. The van der Waals surface area contributed by atoms with E-state index in [-0.39, 0.29) is 11.6 Å². The zero-order chi connectivity index (χ0) is 9.84. The van der Waals surface area contributed by atoms with Crippen molar-refractivity contribution in [3.8, 4) is 0 Å². The monoisotopic (exact) mass is 201 g/mol. The van der Waals surface area contributed by atoms with Gasteiger partial charge in [0.05, 0.1) is 11.2 Å². The maximum atomic E-state index is 11.2. The molecule has 0 amide bonds. The lowest BCUT2D eigenvalue weighted by molar-refractivity contribution is 0.476. The summed E-state index contributed by atoms with van der Waals surface area (Å²) in [5, 5.41) is 0.462. The van der Waals surface area contributed by atoms with Gasteiger partial charge in [0.2, 0.25) is 0 Å². The van der Waals surface area contributed by atoms with Crippen molar-refractivity contribution in [2.45, 2.75) is 13.5 Å². The number of rotatable bonds is 3. The molecule has 0 aromatic carbocycles. The maximum absolute atomic E-state index is 11.2.